The molecule has 158 valence electrons. The molecule has 0 bridgehead atoms. The van der Waals surface area contributed by atoms with Crippen molar-refractivity contribution in [2.24, 2.45) is 0 Å². The van der Waals surface area contributed by atoms with Gasteiger partial charge in [0.15, 0.2) is 0 Å². The first-order chi connectivity index (χ1) is 13.5. The summed E-state index contributed by atoms with van der Waals surface area (Å²) in [6, 6.07) is 12.4. The number of nitrogens with one attached hydrogen (secondary N) is 2. The van der Waals surface area contributed by atoms with E-state index in [1.165, 1.54) is 17.3 Å². The monoisotopic (exact) mass is 406 g/mol. The maximum atomic E-state index is 12.8. The van der Waals surface area contributed by atoms with Crippen LogP contribution in [0.3, 0.4) is 0 Å². The number of para-hydroxylation sites is 1. The zero-order chi connectivity index (χ0) is 22.2. The third-order valence-corrected chi connectivity index (χ3v) is 4.36. The minimum atomic E-state index is -4.46. The fourth-order valence-corrected chi connectivity index (χ4v) is 2.81. The lowest BCUT2D eigenvalue weighted by Crippen LogP contribution is -2.15. The molecule has 0 aliphatic carbocycles. The molecule has 0 unspecified atom stereocenters. The summed E-state index contributed by atoms with van der Waals surface area (Å²) in [4.78, 5) is 10.2. The maximum Gasteiger partial charge on any atom is 0.417 e. The van der Waals surface area contributed by atoms with Crippen molar-refractivity contribution in [1.29, 1.82) is 0 Å². The lowest BCUT2D eigenvalue weighted by atomic mass is 9.86. The summed E-state index contributed by atoms with van der Waals surface area (Å²) in [6.07, 6.45) is -3.65. The Labute approximate surface area is 171 Å². The Balaban J connectivity index is 0.000000308. The highest BCUT2D eigenvalue weighted by Crippen LogP contribution is 2.34. The molecule has 1 amide bonds. The molecule has 0 heterocycles. The summed E-state index contributed by atoms with van der Waals surface area (Å²) in [5.41, 5.74) is 2.45. The van der Waals surface area contributed by atoms with E-state index in [-0.39, 0.29) is 16.7 Å². The number of hydrogen-bond donors (Lipinski definition) is 2. The summed E-state index contributed by atoms with van der Waals surface area (Å²) in [5, 5.41) is 5.34. The molecule has 0 atom stereocenters. The number of benzene rings is 2. The van der Waals surface area contributed by atoms with Crippen LogP contribution < -0.4 is 10.6 Å². The van der Waals surface area contributed by atoms with Gasteiger partial charge in [-0.3, -0.25) is 4.79 Å². The van der Waals surface area contributed by atoms with Gasteiger partial charge < -0.3 is 10.6 Å². The zero-order valence-electron chi connectivity index (χ0n) is 17.6. The molecular weight excluding hydrogens is 377 g/mol. The second kappa shape index (κ2) is 10.1. The lowest BCUT2D eigenvalue weighted by Gasteiger charge is -2.22. The molecule has 2 N–H and O–H groups in total. The van der Waals surface area contributed by atoms with Gasteiger partial charge >= 0.3 is 6.18 Å². The topological polar surface area (TPSA) is 41.1 Å². The number of aryl methyl sites for hydroxylation is 1. The third kappa shape index (κ3) is 6.97. The van der Waals surface area contributed by atoms with Gasteiger partial charge in [0.1, 0.15) is 0 Å². The van der Waals surface area contributed by atoms with Gasteiger partial charge in [0, 0.05) is 24.0 Å². The van der Waals surface area contributed by atoms with Crippen molar-refractivity contribution >= 4 is 17.8 Å². The zero-order valence-corrected chi connectivity index (χ0v) is 17.6. The SMILES string of the molecule is C=C(NC=O)c1ccc(CC)cc1C(F)(F)F.CNc1ccccc1C(C)(C)C. The van der Waals surface area contributed by atoms with Crippen LogP contribution >= 0.6 is 0 Å². The Bertz CT molecular complexity index is 837. The molecule has 0 radical (unpaired) electrons. The van der Waals surface area contributed by atoms with Gasteiger partial charge in [0.2, 0.25) is 6.41 Å². The Morgan fingerprint density at radius 3 is 2.14 bits per heavy atom. The van der Waals surface area contributed by atoms with Gasteiger partial charge in [-0.25, -0.2) is 0 Å². The highest BCUT2D eigenvalue weighted by atomic mass is 19.4. The molecule has 0 aliphatic rings. The average molecular weight is 406 g/mol. The van der Waals surface area contributed by atoms with E-state index in [4.69, 9.17) is 0 Å². The van der Waals surface area contributed by atoms with Crippen LogP contribution in [0.25, 0.3) is 5.70 Å². The molecule has 0 spiro atoms. The molecule has 3 nitrogen and oxygen atoms in total. The van der Waals surface area contributed by atoms with E-state index in [0.29, 0.717) is 18.4 Å². The molecule has 0 saturated carbocycles. The van der Waals surface area contributed by atoms with Crippen molar-refractivity contribution in [2.75, 3.05) is 12.4 Å². The molecule has 0 aliphatic heterocycles. The summed E-state index contributed by atoms with van der Waals surface area (Å²) >= 11 is 0. The predicted molar refractivity (Wildman–Crippen MR) is 114 cm³/mol. The fourth-order valence-electron chi connectivity index (χ4n) is 2.81. The van der Waals surface area contributed by atoms with Crippen molar-refractivity contribution in [3.05, 3.63) is 71.3 Å². The number of rotatable bonds is 5. The summed E-state index contributed by atoms with van der Waals surface area (Å²) in [7, 11) is 1.96. The van der Waals surface area contributed by atoms with Crippen LogP contribution in [0.1, 0.15) is 49.9 Å². The number of carbonyl (C=O) groups is 1. The molecule has 0 fully saturated rings. The van der Waals surface area contributed by atoms with Gasteiger partial charge in [-0.2, -0.15) is 13.2 Å². The second-order valence-electron chi connectivity index (χ2n) is 7.52. The van der Waals surface area contributed by atoms with E-state index in [1.54, 1.807) is 13.0 Å². The molecule has 29 heavy (non-hydrogen) atoms. The minimum absolute atomic E-state index is 0.0602. The summed E-state index contributed by atoms with van der Waals surface area (Å²) in [5.74, 6) is 0. The van der Waals surface area contributed by atoms with Crippen LogP contribution in [0, 0.1) is 0 Å². The van der Waals surface area contributed by atoms with Gasteiger partial charge in [-0.15, -0.1) is 0 Å². The lowest BCUT2D eigenvalue weighted by molar-refractivity contribution is -0.137. The van der Waals surface area contributed by atoms with E-state index in [0.717, 1.165) is 6.07 Å². The molecule has 0 saturated heterocycles. The highest BCUT2D eigenvalue weighted by Gasteiger charge is 2.34. The number of anilines is 1. The number of halogens is 3. The Morgan fingerprint density at radius 1 is 1.07 bits per heavy atom. The van der Waals surface area contributed by atoms with E-state index in [2.05, 4.69) is 62.2 Å². The molecule has 6 heteroatoms. The third-order valence-electron chi connectivity index (χ3n) is 4.36. The van der Waals surface area contributed by atoms with Crippen LogP contribution in [0.2, 0.25) is 0 Å². The molecule has 2 aromatic carbocycles. The Hall–Kier alpha value is -2.76. The first-order valence-corrected chi connectivity index (χ1v) is 9.32. The largest absolute Gasteiger partial charge is 0.417 e. The first-order valence-electron chi connectivity index (χ1n) is 9.32. The van der Waals surface area contributed by atoms with Crippen molar-refractivity contribution in [2.45, 2.75) is 45.7 Å². The summed E-state index contributed by atoms with van der Waals surface area (Å²) in [6.45, 7) is 11.8. The molecular formula is C23H29F3N2O. The first kappa shape index (κ1) is 24.3. The van der Waals surface area contributed by atoms with Crippen molar-refractivity contribution in [3.63, 3.8) is 0 Å². The Morgan fingerprint density at radius 2 is 1.69 bits per heavy atom. The predicted octanol–water partition coefficient (Wildman–Crippen LogP) is 6.01. The van der Waals surface area contributed by atoms with E-state index in [9.17, 15) is 18.0 Å². The fraction of sp³-hybridized carbons (Fsp3) is 0.348. The van der Waals surface area contributed by atoms with E-state index >= 15 is 0 Å². The molecule has 2 aromatic rings. The van der Waals surface area contributed by atoms with Crippen molar-refractivity contribution in [1.82, 2.24) is 5.32 Å². The molecule has 2 rings (SSSR count). The second-order valence-corrected chi connectivity index (χ2v) is 7.52. The van der Waals surface area contributed by atoms with E-state index in [1.807, 2.05) is 7.05 Å². The van der Waals surface area contributed by atoms with Crippen LogP contribution in [0.15, 0.2) is 49.0 Å². The van der Waals surface area contributed by atoms with Crippen LogP contribution in [0.4, 0.5) is 18.9 Å². The average Bonchev–Trinajstić information content (AvgIpc) is 2.66. The number of hydrogen-bond acceptors (Lipinski definition) is 2. The number of amides is 1. The van der Waals surface area contributed by atoms with Crippen molar-refractivity contribution < 1.29 is 18.0 Å². The maximum absolute atomic E-state index is 12.8. The summed E-state index contributed by atoms with van der Waals surface area (Å²) < 4.78 is 38.4. The number of alkyl halides is 3. The quantitative estimate of drug-likeness (QED) is 0.597. The number of carbonyl (C=O) groups excluding carboxylic acids is 1. The van der Waals surface area contributed by atoms with Crippen LogP contribution in [-0.2, 0) is 22.8 Å². The van der Waals surface area contributed by atoms with Crippen molar-refractivity contribution in [3.8, 4) is 0 Å². The Kier molecular flexibility index (Phi) is 8.49. The van der Waals surface area contributed by atoms with Gasteiger partial charge in [0.05, 0.1) is 5.56 Å². The normalized spacial score (nSPS) is 11.2. The van der Waals surface area contributed by atoms with Gasteiger partial charge in [-0.05, 0) is 35.1 Å². The van der Waals surface area contributed by atoms with E-state index < -0.39 is 11.7 Å². The standard InChI is InChI=1S/C12H12F3NO.C11H17N/c1-3-9-4-5-10(8(2)16-7-17)11(6-9)12(13,14)15;1-11(2,3)9-7-5-6-8-10(9)12-4/h4-7H,2-3H2,1H3,(H,16,17);5-8,12H,1-4H3. The van der Waals surface area contributed by atoms with Gasteiger partial charge in [-0.1, -0.05) is 64.6 Å². The minimum Gasteiger partial charge on any atom is -0.388 e. The van der Waals surface area contributed by atoms with Gasteiger partial charge in [0.25, 0.3) is 0 Å². The highest BCUT2D eigenvalue weighted by molar-refractivity contribution is 5.74. The molecule has 0 aromatic heterocycles. The van der Waals surface area contributed by atoms with Crippen LogP contribution in [0.5, 0.6) is 0 Å². The van der Waals surface area contributed by atoms with Crippen LogP contribution in [-0.4, -0.2) is 13.5 Å². The smallest absolute Gasteiger partial charge is 0.388 e.